The summed E-state index contributed by atoms with van der Waals surface area (Å²) in [6.07, 6.45) is 6.99. The zero-order valence-corrected chi connectivity index (χ0v) is 20.7. The maximum Gasteiger partial charge on any atom is 0.205 e. The van der Waals surface area contributed by atoms with Crippen LogP contribution in [0.25, 0.3) is 11.6 Å². The van der Waals surface area contributed by atoms with Crippen LogP contribution in [0.15, 0.2) is 45.9 Å². The van der Waals surface area contributed by atoms with E-state index < -0.39 is 0 Å². The lowest BCUT2D eigenvalue weighted by Gasteiger charge is -2.32. The van der Waals surface area contributed by atoms with E-state index in [0.29, 0.717) is 23.9 Å². The first-order valence-electron chi connectivity index (χ1n) is 12.3. The fraction of sp³-hybridized carbons (Fsp3) is 0.357. The Balaban J connectivity index is 1.31. The number of likely N-dealkylation sites (N-methyl/N-ethyl adjacent to an activating group) is 1. The number of pyridine rings is 1. The molecule has 1 aromatic carbocycles. The van der Waals surface area contributed by atoms with Gasteiger partial charge in [-0.1, -0.05) is 19.1 Å². The number of hydrogen-bond acceptors (Lipinski definition) is 7. The maximum atomic E-state index is 10.9. The third kappa shape index (κ3) is 5.01. The van der Waals surface area contributed by atoms with Gasteiger partial charge in [0.25, 0.3) is 0 Å². The molecule has 2 aliphatic rings. The van der Waals surface area contributed by atoms with E-state index >= 15 is 0 Å². The molecule has 0 aliphatic carbocycles. The smallest absolute Gasteiger partial charge is 0.205 e. The Kier molecular flexibility index (Phi) is 6.70. The Bertz CT molecular complexity index is 1270. The summed E-state index contributed by atoms with van der Waals surface area (Å²) in [5, 5.41) is 14.3. The predicted molar refractivity (Wildman–Crippen MR) is 142 cm³/mol. The summed E-state index contributed by atoms with van der Waals surface area (Å²) in [4.78, 5) is 13.6. The fourth-order valence-electron chi connectivity index (χ4n) is 4.69. The minimum absolute atomic E-state index is 0.162. The van der Waals surface area contributed by atoms with Crippen molar-refractivity contribution in [3.05, 3.63) is 64.5 Å². The van der Waals surface area contributed by atoms with E-state index in [1.165, 1.54) is 5.56 Å². The molecule has 0 spiro atoms. The van der Waals surface area contributed by atoms with Crippen molar-refractivity contribution in [3.8, 4) is 5.75 Å². The van der Waals surface area contributed by atoms with Gasteiger partial charge in [-0.3, -0.25) is 0 Å². The van der Waals surface area contributed by atoms with E-state index in [0.717, 1.165) is 67.1 Å². The van der Waals surface area contributed by atoms with Crippen LogP contribution in [0.2, 0.25) is 0 Å². The summed E-state index contributed by atoms with van der Waals surface area (Å²) in [5.74, 6) is 1.84. The van der Waals surface area contributed by atoms with Crippen LogP contribution < -0.4 is 5.32 Å². The minimum Gasteiger partial charge on any atom is -0.504 e. The molecule has 0 bridgehead atoms. The summed E-state index contributed by atoms with van der Waals surface area (Å²) in [6, 6.07) is 10.4. The fourth-order valence-corrected chi connectivity index (χ4v) is 4.69. The lowest BCUT2D eigenvalue weighted by Crippen LogP contribution is -2.45. The van der Waals surface area contributed by atoms with Gasteiger partial charge in [0.1, 0.15) is 0 Å². The number of fused-ring (bicyclic) bond motifs is 1. The number of nitrogens with zero attached hydrogens (tertiary/aromatic N) is 4. The standard InChI is InChI=1S/C28H33N5O2/c1-4-22-26(34)25(17-21-18-30-27-23(21)6-5-10-29-27)35-28(22)31-24-8-7-20(16-19(24)2)9-11-33-14-12-32(3)13-15-33/h5-8,10,16-18,31,34H,4,9,11-15H2,1-3H3. The quantitative estimate of drug-likeness (QED) is 0.503. The Morgan fingerprint density at radius 3 is 2.77 bits per heavy atom. The topological polar surface area (TPSA) is 77.1 Å². The molecule has 7 nitrogen and oxygen atoms in total. The number of piperazine rings is 1. The number of benzene rings is 1. The van der Waals surface area contributed by atoms with Crippen molar-refractivity contribution in [2.24, 2.45) is 4.99 Å². The first-order valence-corrected chi connectivity index (χ1v) is 12.3. The third-order valence-electron chi connectivity index (χ3n) is 6.92. The van der Waals surface area contributed by atoms with Crippen molar-refractivity contribution in [3.63, 3.8) is 0 Å². The number of allylic oxidation sites excluding steroid dienone is 1. The Morgan fingerprint density at radius 2 is 2.00 bits per heavy atom. The maximum absolute atomic E-state index is 10.9. The number of aromatic nitrogens is 1. The Labute approximate surface area is 206 Å². The molecule has 2 aliphatic heterocycles. The van der Waals surface area contributed by atoms with Crippen LogP contribution in [0.3, 0.4) is 0 Å². The van der Waals surface area contributed by atoms with E-state index in [-0.39, 0.29) is 5.75 Å². The summed E-state index contributed by atoms with van der Waals surface area (Å²) >= 11 is 0. The third-order valence-corrected chi connectivity index (χ3v) is 6.92. The molecule has 2 aromatic heterocycles. The summed E-state index contributed by atoms with van der Waals surface area (Å²) < 4.78 is 6.11. The van der Waals surface area contributed by atoms with Gasteiger partial charge in [-0.2, -0.15) is 0 Å². The van der Waals surface area contributed by atoms with Gasteiger partial charge in [0.15, 0.2) is 17.3 Å². The number of furan rings is 1. The number of aliphatic imine (C=N–C) groups is 1. The van der Waals surface area contributed by atoms with Gasteiger partial charge in [-0.05, 0) is 62.2 Å². The average molecular weight is 472 g/mol. The molecule has 2 N–H and O–H groups in total. The number of anilines is 2. The molecule has 35 heavy (non-hydrogen) atoms. The lowest BCUT2D eigenvalue weighted by atomic mass is 10.1. The van der Waals surface area contributed by atoms with Gasteiger partial charge in [0.2, 0.25) is 5.88 Å². The highest BCUT2D eigenvalue weighted by Crippen LogP contribution is 2.39. The molecule has 0 radical (unpaired) electrons. The first kappa shape index (κ1) is 23.3. The molecular formula is C28H33N5O2. The van der Waals surface area contributed by atoms with Gasteiger partial charge >= 0.3 is 0 Å². The summed E-state index contributed by atoms with van der Waals surface area (Å²) in [6.45, 7) is 9.78. The molecule has 5 rings (SSSR count). The van der Waals surface area contributed by atoms with E-state index in [9.17, 15) is 5.11 Å². The molecule has 0 atom stereocenters. The van der Waals surface area contributed by atoms with Crippen molar-refractivity contribution < 1.29 is 9.52 Å². The van der Waals surface area contributed by atoms with E-state index in [1.54, 1.807) is 12.4 Å². The highest BCUT2D eigenvalue weighted by Gasteiger charge is 2.21. The number of nitrogens with one attached hydrogen (secondary N) is 1. The molecular weight excluding hydrogens is 438 g/mol. The zero-order chi connectivity index (χ0) is 24.4. The van der Waals surface area contributed by atoms with Crippen LogP contribution in [0.5, 0.6) is 5.75 Å². The van der Waals surface area contributed by atoms with E-state index in [4.69, 9.17) is 4.42 Å². The number of hydrogen-bond donors (Lipinski definition) is 2. The minimum atomic E-state index is 0.162. The van der Waals surface area contributed by atoms with E-state index in [1.807, 2.05) is 25.1 Å². The normalized spacial score (nSPS) is 17.3. The van der Waals surface area contributed by atoms with Crippen molar-refractivity contribution in [2.45, 2.75) is 26.7 Å². The van der Waals surface area contributed by atoms with E-state index in [2.05, 4.69) is 57.3 Å². The molecule has 0 saturated carbocycles. The SMILES string of the molecule is CCc1c(Nc2ccc(CCN3CCN(C)CC3)cc2C)oc(C=C2C=Nc3ncccc32)c1O. The molecule has 4 heterocycles. The van der Waals surface area contributed by atoms with Gasteiger partial charge < -0.3 is 24.6 Å². The van der Waals surface area contributed by atoms with Crippen LogP contribution in [0, 0.1) is 6.92 Å². The highest BCUT2D eigenvalue weighted by atomic mass is 16.4. The van der Waals surface area contributed by atoms with Crippen molar-refractivity contribution in [1.82, 2.24) is 14.8 Å². The Hall–Kier alpha value is -3.42. The average Bonchev–Trinajstić information content (AvgIpc) is 3.40. The van der Waals surface area contributed by atoms with Crippen molar-refractivity contribution in [1.29, 1.82) is 0 Å². The van der Waals surface area contributed by atoms with Crippen LogP contribution in [-0.2, 0) is 12.8 Å². The number of aryl methyl sites for hydroxylation is 1. The molecule has 1 fully saturated rings. The predicted octanol–water partition coefficient (Wildman–Crippen LogP) is 5.04. The Morgan fingerprint density at radius 1 is 1.17 bits per heavy atom. The largest absolute Gasteiger partial charge is 0.504 e. The zero-order valence-electron chi connectivity index (χ0n) is 20.7. The van der Waals surface area contributed by atoms with Gasteiger partial charge in [0.05, 0.1) is 5.56 Å². The molecule has 1 saturated heterocycles. The van der Waals surface area contributed by atoms with Crippen molar-refractivity contribution >= 4 is 35.3 Å². The highest BCUT2D eigenvalue weighted by molar-refractivity contribution is 6.20. The second kappa shape index (κ2) is 10.1. The molecule has 3 aromatic rings. The second-order valence-electron chi connectivity index (χ2n) is 9.38. The van der Waals surface area contributed by atoms with Gasteiger partial charge in [0, 0.05) is 62.0 Å². The van der Waals surface area contributed by atoms with Crippen LogP contribution >= 0.6 is 0 Å². The second-order valence-corrected chi connectivity index (χ2v) is 9.38. The first-order chi connectivity index (χ1) is 17.0. The molecule has 0 amide bonds. The molecule has 7 heteroatoms. The van der Waals surface area contributed by atoms with Crippen LogP contribution in [-0.4, -0.2) is 65.9 Å². The van der Waals surface area contributed by atoms with Crippen LogP contribution in [0.1, 0.15) is 34.9 Å². The lowest BCUT2D eigenvalue weighted by molar-refractivity contribution is 0.155. The van der Waals surface area contributed by atoms with Crippen LogP contribution in [0.4, 0.5) is 17.4 Å². The molecule has 0 unspecified atom stereocenters. The number of rotatable bonds is 7. The summed E-state index contributed by atoms with van der Waals surface area (Å²) in [7, 11) is 2.19. The number of aromatic hydroxyl groups is 1. The van der Waals surface area contributed by atoms with Crippen molar-refractivity contribution in [2.75, 3.05) is 45.1 Å². The molecule has 182 valence electrons. The van der Waals surface area contributed by atoms with Gasteiger partial charge in [-0.25, -0.2) is 9.98 Å². The van der Waals surface area contributed by atoms with Gasteiger partial charge in [-0.15, -0.1) is 0 Å². The summed E-state index contributed by atoms with van der Waals surface area (Å²) in [5.41, 5.74) is 6.03. The monoisotopic (exact) mass is 471 g/mol.